The van der Waals surface area contributed by atoms with Crippen LogP contribution < -0.4 is 4.74 Å². The Morgan fingerprint density at radius 3 is 3.00 bits per heavy atom. The molecular weight excluding hydrogens is 286 g/mol. The summed E-state index contributed by atoms with van der Waals surface area (Å²) in [5, 5.41) is 14.8. The van der Waals surface area contributed by atoms with E-state index in [1.54, 1.807) is 0 Å². The summed E-state index contributed by atoms with van der Waals surface area (Å²) in [7, 11) is 0. The lowest BCUT2D eigenvalue weighted by Gasteiger charge is -2.05. The number of rotatable bonds is 5. The fraction of sp³-hybridized carbons (Fsp3) is 0.333. The average molecular weight is 296 g/mol. The number of hydrogen-bond donors (Lipinski definition) is 0. The summed E-state index contributed by atoms with van der Waals surface area (Å²) in [5.41, 5.74) is -0.0869. The van der Waals surface area contributed by atoms with Gasteiger partial charge in [0.05, 0.1) is 16.0 Å². The van der Waals surface area contributed by atoms with Crippen molar-refractivity contribution in [1.29, 1.82) is 0 Å². The van der Waals surface area contributed by atoms with Gasteiger partial charge in [-0.05, 0) is 18.9 Å². The molecule has 1 aromatic heterocycles. The lowest BCUT2D eigenvalue weighted by Crippen LogP contribution is -1.99. The zero-order chi connectivity index (χ0) is 14.1. The Bertz CT molecular complexity index is 654. The molecule has 0 amide bonds. The molecule has 1 saturated carbocycles. The fourth-order valence-corrected chi connectivity index (χ4v) is 1.85. The second kappa shape index (κ2) is 5.09. The van der Waals surface area contributed by atoms with Crippen molar-refractivity contribution in [1.82, 2.24) is 10.1 Å². The number of nitrogens with zero attached hydrogens (tertiary/aromatic N) is 3. The zero-order valence-corrected chi connectivity index (χ0v) is 11.0. The van der Waals surface area contributed by atoms with E-state index in [1.165, 1.54) is 18.2 Å². The summed E-state index contributed by atoms with van der Waals surface area (Å²) >= 11 is 5.92. The van der Waals surface area contributed by atoms with Crippen LogP contribution in [0.15, 0.2) is 22.7 Å². The van der Waals surface area contributed by atoms with Crippen molar-refractivity contribution in [2.45, 2.75) is 25.4 Å². The summed E-state index contributed by atoms with van der Waals surface area (Å²) in [6, 6.07) is 4.00. The second-order valence-corrected chi connectivity index (χ2v) is 4.89. The van der Waals surface area contributed by atoms with Crippen molar-refractivity contribution in [2.24, 2.45) is 0 Å². The van der Waals surface area contributed by atoms with E-state index in [4.69, 9.17) is 20.9 Å². The van der Waals surface area contributed by atoms with Crippen molar-refractivity contribution in [3.63, 3.8) is 0 Å². The van der Waals surface area contributed by atoms with E-state index >= 15 is 0 Å². The van der Waals surface area contributed by atoms with Crippen LogP contribution in [-0.4, -0.2) is 15.1 Å². The molecule has 0 aliphatic heterocycles. The number of aromatic nitrogens is 2. The zero-order valence-electron chi connectivity index (χ0n) is 10.3. The second-order valence-electron chi connectivity index (χ2n) is 4.48. The number of ether oxygens (including phenoxy) is 1. The molecule has 3 rings (SSSR count). The summed E-state index contributed by atoms with van der Waals surface area (Å²) in [6.45, 7) is 0.0527. The van der Waals surface area contributed by atoms with Gasteiger partial charge in [-0.3, -0.25) is 10.1 Å². The molecule has 0 radical (unpaired) electrons. The Kier molecular flexibility index (Phi) is 3.27. The van der Waals surface area contributed by atoms with Gasteiger partial charge in [-0.2, -0.15) is 4.98 Å². The van der Waals surface area contributed by atoms with Crippen LogP contribution in [0, 0.1) is 10.1 Å². The molecule has 1 heterocycles. The molecule has 0 bridgehead atoms. The third-order valence-electron chi connectivity index (χ3n) is 2.89. The Morgan fingerprint density at radius 1 is 1.50 bits per heavy atom. The first-order chi connectivity index (χ1) is 9.63. The topological polar surface area (TPSA) is 91.3 Å². The highest BCUT2D eigenvalue weighted by molar-refractivity contribution is 6.32. The van der Waals surface area contributed by atoms with Crippen LogP contribution in [-0.2, 0) is 6.61 Å². The highest BCUT2D eigenvalue weighted by atomic mass is 35.5. The largest absolute Gasteiger partial charge is 0.484 e. The molecule has 0 unspecified atom stereocenters. The number of nitro groups is 1. The van der Waals surface area contributed by atoms with Crippen molar-refractivity contribution in [2.75, 3.05) is 0 Å². The average Bonchev–Trinajstić information content (AvgIpc) is 3.17. The Labute approximate surface area is 118 Å². The van der Waals surface area contributed by atoms with Crippen LogP contribution in [0.4, 0.5) is 5.69 Å². The summed E-state index contributed by atoms with van der Waals surface area (Å²) in [4.78, 5) is 14.4. The van der Waals surface area contributed by atoms with Gasteiger partial charge in [-0.25, -0.2) is 0 Å². The van der Waals surface area contributed by atoms with Gasteiger partial charge in [0, 0.05) is 12.0 Å². The maximum absolute atomic E-state index is 10.7. The molecular formula is C12H10ClN3O4. The number of benzene rings is 1. The number of hydrogen-bond acceptors (Lipinski definition) is 6. The Morgan fingerprint density at radius 2 is 2.30 bits per heavy atom. The van der Waals surface area contributed by atoms with Gasteiger partial charge >= 0.3 is 0 Å². The van der Waals surface area contributed by atoms with Crippen molar-refractivity contribution in [3.8, 4) is 5.75 Å². The molecule has 8 heteroatoms. The minimum atomic E-state index is -0.511. The highest BCUT2D eigenvalue weighted by Gasteiger charge is 2.29. The normalized spacial score (nSPS) is 14.2. The molecule has 1 aliphatic rings. The van der Waals surface area contributed by atoms with Crippen LogP contribution >= 0.6 is 11.6 Å². The molecule has 1 fully saturated rings. The fourth-order valence-electron chi connectivity index (χ4n) is 1.68. The lowest BCUT2D eigenvalue weighted by atomic mass is 10.3. The van der Waals surface area contributed by atoms with E-state index in [0.717, 1.165) is 12.8 Å². The van der Waals surface area contributed by atoms with Crippen molar-refractivity contribution < 1.29 is 14.2 Å². The minimum absolute atomic E-state index is 0.0527. The van der Waals surface area contributed by atoms with Gasteiger partial charge in [0.2, 0.25) is 11.7 Å². The van der Waals surface area contributed by atoms with Gasteiger partial charge in [-0.1, -0.05) is 16.8 Å². The lowest BCUT2D eigenvalue weighted by molar-refractivity contribution is -0.384. The third kappa shape index (κ3) is 2.72. The summed E-state index contributed by atoms with van der Waals surface area (Å²) < 4.78 is 10.5. The maximum Gasteiger partial charge on any atom is 0.273 e. The van der Waals surface area contributed by atoms with Crippen LogP contribution in [0.5, 0.6) is 5.75 Å². The predicted molar refractivity (Wildman–Crippen MR) is 68.7 cm³/mol. The Hall–Kier alpha value is -2.15. The van der Waals surface area contributed by atoms with E-state index in [0.29, 0.717) is 22.7 Å². The van der Waals surface area contributed by atoms with Gasteiger partial charge in [-0.15, -0.1) is 0 Å². The monoisotopic (exact) mass is 295 g/mol. The van der Waals surface area contributed by atoms with E-state index < -0.39 is 4.92 Å². The van der Waals surface area contributed by atoms with Crippen LogP contribution in [0.1, 0.15) is 30.5 Å². The first-order valence-corrected chi connectivity index (χ1v) is 6.40. The molecule has 1 aromatic carbocycles. The van der Waals surface area contributed by atoms with E-state index in [-0.39, 0.29) is 18.0 Å². The van der Waals surface area contributed by atoms with Gasteiger partial charge in [0.15, 0.2) is 6.61 Å². The highest BCUT2D eigenvalue weighted by Crippen LogP contribution is 2.38. The summed E-state index contributed by atoms with van der Waals surface area (Å²) in [6.07, 6.45) is 2.14. The first kappa shape index (κ1) is 12.9. The van der Waals surface area contributed by atoms with E-state index in [9.17, 15) is 10.1 Å². The number of halogens is 1. The van der Waals surface area contributed by atoms with Crippen molar-refractivity contribution in [3.05, 3.63) is 45.1 Å². The molecule has 2 aromatic rings. The molecule has 0 saturated heterocycles. The predicted octanol–water partition coefficient (Wildman–Crippen LogP) is 3.09. The third-order valence-corrected chi connectivity index (χ3v) is 3.21. The molecule has 1 aliphatic carbocycles. The quantitative estimate of drug-likeness (QED) is 0.622. The van der Waals surface area contributed by atoms with Crippen LogP contribution in [0.3, 0.4) is 0 Å². The van der Waals surface area contributed by atoms with Gasteiger partial charge < -0.3 is 9.26 Å². The molecule has 0 spiro atoms. The molecule has 20 heavy (non-hydrogen) atoms. The van der Waals surface area contributed by atoms with Crippen molar-refractivity contribution >= 4 is 17.3 Å². The molecule has 0 atom stereocenters. The van der Waals surface area contributed by atoms with Crippen LogP contribution in [0.25, 0.3) is 0 Å². The molecule has 0 N–H and O–H groups in total. The SMILES string of the molecule is O=[N+]([O-])c1ccc(Cl)c(OCc2noc(C3CC3)n2)c1. The number of non-ortho nitro benzene ring substituents is 1. The molecule has 7 nitrogen and oxygen atoms in total. The van der Waals surface area contributed by atoms with Gasteiger partial charge in [0.1, 0.15) is 5.75 Å². The van der Waals surface area contributed by atoms with E-state index in [2.05, 4.69) is 10.1 Å². The standard InChI is InChI=1S/C12H10ClN3O4/c13-9-4-3-8(16(17)18)5-10(9)19-6-11-14-12(20-15-11)7-1-2-7/h3-5,7H,1-2,6H2. The Balaban J connectivity index is 1.70. The first-order valence-electron chi connectivity index (χ1n) is 6.02. The maximum atomic E-state index is 10.7. The van der Waals surface area contributed by atoms with E-state index in [1.807, 2.05) is 0 Å². The summed E-state index contributed by atoms with van der Waals surface area (Å²) in [5.74, 6) is 1.61. The minimum Gasteiger partial charge on any atom is -0.484 e. The smallest absolute Gasteiger partial charge is 0.273 e. The number of nitro benzene ring substituents is 1. The van der Waals surface area contributed by atoms with Crippen LogP contribution in [0.2, 0.25) is 5.02 Å². The van der Waals surface area contributed by atoms with Gasteiger partial charge in [0.25, 0.3) is 5.69 Å². The molecule has 104 valence electrons.